The van der Waals surface area contributed by atoms with E-state index in [2.05, 4.69) is 10.0 Å². The second-order valence-corrected chi connectivity index (χ2v) is 6.39. The Morgan fingerprint density at radius 3 is 2.64 bits per heavy atom. The molecule has 1 aromatic carbocycles. The Morgan fingerprint density at radius 2 is 2.05 bits per heavy atom. The van der Waals surface area contributed by atoms with E-state index in [1.54, 1.807) is 12.1 Å². The molecule has 8 heteroatoms. The van der Waals surface area contributed by atoms with E-state index in [4.69, 9.17) is 9.47 Å². The zero-order valence-electron chi connectivity index (χ0n) is 12.6. The molecule has 1 aromatic rings. The lowest BCUT2D eigenvalue weighted by Crippen LogP contribution is -2.30. The highest BCUT2D eigenvalue weighted by molar-refractivity contribution is 7.89. The van der Waals surface area contributed by atoms with Gasteiger partial charge in [0, 0.05) is 19.2 Å². The normalized spacial score (nSPS) is 14.7. The van der Waals surface area contributed by atoms with E-state index in [-0.39, 0.29) is 17.3 Å². The summed E-state index contributed by atoms with van der Waals surface area (Å²) in [5, 5.41) is 3.19. The fourth-order valence-electron chi connectivity index (χ4n) is 2.09. The smallest absolute Gasteiger partial charge is 0.244 e. The van der Waals surface area contributed by atoms with Crippen molar-refractivity contribution < 1.29 is 17.9 Å². The lowest BCUT2D eigenvalue weighted by atomic mass is 10.1. The lowest BCUT2D eigenvalue weighted by Gasteiger charge is -2.16. The number of nitrogens with one attached hydrogen (secondary N) is 2. The first-order valence-corrected chi connectivity index (χ1v) is 8.15. The molecule has 0 fully saturated rings. The largest absolute Gasteiger partial charge is 0.497 e. The second kappa shape index (κ2) is 8.38. The summed E-state index contributed by atoms with van der Waals surface area (Å²) in [6.07, 6.45) is 2.85. The molecule has 1 aliphatic heterocycles. The Balaban J connectivity index is 0.00000242. The standard InChI is InChI=1S/C14H20N2O4S.ClH/c1-19-12-3-4-13(20-2)14(9-12)21(17,18)16-10-11-5-7-15-8-6-11;/h3-5,9,15-16H,6-8,10H2,1-2H3;1H. The predicted octanol–water partition coefficient (Wildman–Crippen LogP) is 1.32. The lowest BCUT2D eigenvalue weighted by molar-refractivity contribution is 0.392. The first-order chi connectivity index (χ1) is 10.1. The fraction of sp³-hybridized carbons (Fsp3) is 0.429. The maximum atomic E-state index is 12.4. The summed E-state index contributed by atoms with van der Waals surface area (Å²) >= 11 is 0. The van der Waals surface area contributed by atoms with Crippen LogP contribution in [0.4, 0.5) is 0 Å². The molecule has 124 valence electrons. The van der Waals surface area contributed by atoms with Crippen LogP contribution in [0.5, 0.6) is 11.5 Å². The van der Waals surface area contributed by atoms with Gasteiger partial charge in [-0.3, -0.25) is 0 Å². The maximum absolute atomic E-state index is 12.4. The van der Waals surface area contributed by atoms with Gasteiger partial charge in [-0.25, -0.2) is 13.1 Å². The van der Waals surface area contributed by atoms with Crippen LogP contribution in [0.15, 0.2) is 34.7 Å². The molecule has 0 radical (unpaired) electrons. The highest BCUT2D eigenvalue weighted by Crippen LogP contribution is 2.28. The van der Waals surface area contributed by atoms with Crippen LogP contribution in [-0.2, 0) is 10.0 Å². The number of sulfonamides is 1. The summed E-state index contributed by atoms with van der Waals surface area (Å²) in [6.45, 7) is 1.96. The molecule has 0 aliphatic carbocycles. The van der Waals surface area contributed by atoms with Crippen LogP contribution in [-0.4, -0.2) is 42.3 Å². The molecule has 0 saturated carbocycles. The predicted molar refractivity (Wildman–Crippen MR) is 87.6 cm³/mol. The number of hydrogen-bond acceptors (Lipinski definition) is 5. The number of methoxy groups -OCH3 is 2. The minimum absolute atomic E-state index is 0. The number of halogens is 1. The van der Waals surface area contributed by atoms with E-state index in [0.29, 0.717) is 18.0 Å². The van der Waals surface area contributed by atoms with Gasteiger partial charge in [-0.2, -0.15) is 0 Å². The van der Waals surface area contributed by atoms with Crippen molar-refractivity contribution >= 4 is 22.4 Å². The SMILES string of the molecule is COc1ccc(OC)c(S(=O)(=O)NCC2=CCNCC2)c1.Cl. The van der Waals surface area contributed by atoms with Gasteiger partial charge in [-0.05, 0) is 25.1 Å². The van der Waals surface area contributed by atoms with Gasteiger partial charge in [0.15, 0.2) is 0 Å². The van der Waals surface area contributed by atoms with Gasteiger partial charge < -0.3 is 14.8 Å². The van der Waals surface area contributed by atoms with Crippen LogP contribution in [0, 0.1) is 0 Å². The number of benzene rings is 1. The van der Waals surface area contributed by atoms with Crippen molar-refractivity contribution in [1.29, 1.82) is 0 Å². The van der Waals surface area contributed by atoms with Crippen LogP contribution in [0.1, 0.15) is 6.42 Å². The van der Waals surface area contributed by atoms with E-state index in [1.807, 2.05) is 6.08 Å². The summed E-state index contributed by atoms with van der Waals surface area (Å²) < 4.78 is 37.7. The molecule has 0 atom stereocenters. The fourth-order valence-corrected chi connectivity index (χ4v) is 3.31. The molecule has 22 heavy (non-hydrogen) atoms. The Bertz CT molecular complexity index is 632. The van der Waals surface area contributed by atoms with E-state index >= 15 is 0 Å². The first kappa shape index (κ1) is 18.8. The van der Waals surface area contributed by atoms with Crippen molar-refractivity contribution in [2.24, 2.45) is 0 Å². The third-order valence-corrected chi connectivity index (χ3v) is 4.73. The molecule has 0 saturated heterocycles. The molecule has 2 N–H and O–H groups in total. The van der Waals surface area contributed by atoms with Gasteiger partial charge in [-0.1, -0.05) is 11.6 Å². The van der Waals surface area contributed by atoms with E-state index in [0.717, 1.165) is 25.1 Å². The number of rotatable bonds is 6. The summed E-state index contributed by atoms with van der Waals surface area (Å²) in [7, 11) is -0.719. The molecular formula is C14H21ClN2O4S. The third-order valence-electron chi connectivity index (χ3n) is 3.31. The molecule has 1 aliphatic rings. The molecule has 0 bridgehead atoms. The number of hydrogen-bond donors (Lipinski definition) is 2. The van der Waals surface area contributed by atoms with Crippen LogP contribution in [0.25, 0.3) is 0 Å². The highest BCUT2D eigenvalue weighted by atomic mass is 35.5. The zero-order valence-corrected chi connectivity index (χ0v) is 14.2. The first-order valence-electron chi connectivity index (χ1n) is 6.67. The molecule has 2 rings (SSSR count). The van der Waals surface area contributed by atoms with Crippen LogP contribution >= 0.6 is 12.4 Å². The molecule has 0 amide bonds. The van der Waals surface area contributed by atoms with Crippen LogP contribution in [0.2, 0.25) is 0 Å². The van der Waals surface area contributed by atoms with Crippen molar-refractivity contribution in [2.45, 2.75) is 11.3 Å². The van der Waals surface area contributed by atoms with Gasteiger partial charge in [0.2, 0.25) is 10.0 Å². The highest BCUT2D eigenvalue weighted by Gasteiger charge is 2.20. The van der Waals surface area contributed by atoms with Crippen molar-refractivity contribution in [3.8, 4) is 11.5 Å². The van der Waals surface area contributed by atoms with E-state index < -0.39 is 10.0 Å². The summed E-state index contributed by atoms with van der Waals surface area (Å²) in [5.74, 6) is 0.764. The second-order valence-electron chi connectivity index (χ2n) is 4.66. The monoisotopic (exact) mass is 348 g/mol. The summed E-state index contributed by atoms with van der Waals surface area (Å²) in [6, 6.07) is 4.70. The van der Waals surface area contributed by atoms with Crippen LogP contribution < -0.4 is 19.5 Å². The Labute approximate surface area is 137 Å². The number of ether oxygens (including phenoxy) is 2. The summed E-state index contributed by atoms with van der Waals surface area (Å²) in [5.41, 5.74) is 1.08. The molecule has 1 heterocycles. The van der Waals surface area contributed by atoms with Gasteiger partial charge in [0.25, 0.3) is 0 Å². The average Bonchev–Trinajstić information content (AvgIpc) is 2.53. The molecule has 0 unspecified atom stereocenters. The van der Waals surface area contributed by atoms with E-state index in [9.17, 15) is 8.42 Å². The van der Waals surface area contributed by atoms with Gasteiger partial charge in [0.1, 0.15) is 16.4 Å². The van der Waals surface area contributed by atoms with Crippen molar-refractivity contribution in [1.82, 2.24) is 10.0 Å². The van der Waals surface area contributed by atoms with Gasteiger partial charge in [0.05, 0.1) is 14.2 Å². The third kappa shape index (κ3) is 4.61. The quantitative estimate of drug-likeness (QED) is 0.758. The Hall–Kier alpha value is -1.28. The maximum Gasteiger partial charge on any atom is 0.244 e. The zero-order chi connectivity index (χ0) is 15.3. The van der Waals surface area contributed by atoms with Gasteiger partial charge in [-0.15, -0.1) is 12.4 Å². The summed E-state index contributed by atoms with van der Waals surface area (Å²) in [4.78, 5) is 0.0823. The van der Waals surface area contributed by atoms with Crippen molar-refractivity contribution in [3.63, 3.8) is 0 Å². The molecular weight excluding hydrogens is 328 g/mol. The minimum atomic E-state index is -3.65. The molecule has 0 spiro atoms. The molecule has 6 nitrogen and oxygen atoms in total. The molecule has 0 aromatic heterocycles. The van der Waals surface area contributed by atoms with Crippen LogP contribution in [0.3, 0.4) is 0 Å². The average molecular weight is 349 g/mol. The minimum Gasteiger partial charge on any atom is -0.497 e. The van der Waals surface area contributed by atoms with Crippen molar-refractivity contribution in [2.75, 3.05) is 33.9 Å². The Kier molecular flexibility index (Phi) is 7.15. The van der Waals surface area contributed by atoms with Crippen molar-refractivity contribution in [3.05, 3.63) is 29.8 Å². The van der Waals surface area contributed by atoms with Gasteiger partial charge >= 0.3 is 0 Å². The topological polar surface area (TPSA) is 76.7 Å². The van der Waals surface area contributed by atoms with E-state index in [1.165, 1.54) is 20.3 Å². The Morgan fingerprint density at radius 1 is 1.27 bits per heavy atom.